The van der Waals surface area contributed by atoms with Crippen molar-refractivity contribution in [2.75, 3.05) is 6.61 Å². The Hall–Kier alpha value is -1.38. The summed E-state index contributed by atoms with van der Waals surface area (Å²) < 4.78 is 5.17. The minimum absolute atomic E-state index is 0.137. The summed E-state index contributed by atoms with van der Waals surface area (Å²) in [6.45, 7) is 6.06. The predicted octanol–water partition coefficient (Wildman–Crippen LogP) is 2.60. The van der Waals surface area contributed by atoms with Crippen LogP contribution in [0.3, 0.4) is 0 Å². The van der Waals surface area contributed by atoms with Crippen molar-refractivity contribution in [1.29, 1.82) is 0 Å². The van der Waals surface area contributed by atoms with Crippen LogP contribution in [0.25, 0.3) is 0 Å². The van der Waals surface area contributed by atoms with E-state index in [0.29, 0.717) is 6.61 Å². The molecule has 0 N–H and O–H groups in total. The van der Waals surface area contributed by atoms with Crippen LogP contribution in [0.15, 0.2) is 24.5 Å². The van der Waals surface area contributed by atoms with Crippen LogP contribution in [0.1, 0.15) is 32.8 Å². The molecule has 1 heterocycles. The van der Waals surface area contributed by atoms with E-state index >= 15 is 0 Å². The number of carbonyl (C=O) groups is 1. The molecular formula is C13H19NO2. The van der Waals surface area contributed by atoms with Crippen LogP contribution >= 0.6 is 0 Å². The number of hydrogen-bond acceptors (Lipinski definition) is 3. The number of ether oxygens (including phenoxy) is 1. The minimum atomic E-state index is -0.406. The second-order valence-electron chi connectivity index (χ2n) is 4.84. The van der Waals surface area contributed by atoms with E-state index in [1.54, 1.807) is 12.4 Å². The largest absolute Gasteiger partial charge is 0.465 e. The Morgan fingerprint density at radius 1 is 1.31 bits per heavy atom. The summed E-state index contributed by atoms with van der Waals surface area (Å²) in [5.41, 5.74) is 0.818. The highest BCUT2D eigenvalue weighted by Gasteiger charge is 2.22. The van der Waals surface area contributed by atoms with Crippen molar-refractivity contribution in [3.8, 4) is 0 Å². The number of aromatic nitrogens is 1. The number of nitrogens with zero attached hydrogens (tertiary/aromatic N) is 1. The maximum absolute atomic E-state index is 11.4. The average Bonchev–Trinajstić information content (AvgIpc) is 2.24. The number of carbonyl (C=O) groups excluding carboxylic acids is 1. The van der Waals surface area contributed by atoms with Gasteiger partial charge in [0.15, 0.2) is 0 Å². The molecule has 0 bridgehead atoms. The molecule has 88 valence electrons. The number of aryl methyl sites for hydroxylation is 1. The molecule has 1 aromatic heterocycles. The van der Waals surface area contributed by atoms with Gasteiger partial charge in [0.1, 0.15) is 0 Å². The van der Waals surface area contributed by atoms with E-state index in [4.69, 9.17) is 4.74 Å². The zero-order valence-corrected chi connectivity index (χ0v) is 10.2. The Balaban J connectivity index is 2.20. The second-order valence-corrected chi connectivity index (χ2v) is 4.84. The van der Waals surface area contributed by atoms with Gasteiger partial charge in [0, 0.05) is 12.4 Å². The lowest BCUT2D eigenvalue weighted by Crippen LogP contribution is -2.23. The van der Waals surface area contributed by atoms with Crippen LogP contribution in [-0.2, 0) is 16.0 Å². The van der Waals surface area contributed by atoms with Crippen LogP contribution in [0.2, 0.25) is 0 Å². The molecule has 3 nitrogen and oxygen atoms in total. The number of rotatable bonds is 4. The predicted molar refractivity (Wildman–Crippen MR) is 63.0 cm³/mol. The number of esters is 1. The highest BCUT2D eigenvalue weighted by atomic mass is 16.5. The summed E-state index contributed by atoms with van der Waals surface area (Å²) in [7, 11) is 0. The molecule has 0 saturated carbocycles. The van der Waals surface area contributed by atoms with Gasteiger partial charge in [0.25, 0.3) is 0 Å². The normalized spacial score (nSPS) is 11.2. The quantitative estimate of drug-likeness (QED) is 0.579. The first-order valence-corrected chi connectivity index (χ1v) is 5.56. The van der Waals surface area contributed by atoms with Gasteiger partial charge in [-0.2, -0.15) is 0 Å². The third kappa shape index (κ3) is 4.43. The zero-order valence-electron chi connectivity index (χ0n) is 10.2. The number of pyridine rings is 1. The van der Waals surface area contributed by atoms with Crippen molar-refractivity contribution < 1.29 is 9.53 Å². The lowest BCUT2D eigenvalue weighted by Gasteiger charge is -2.16. The van der Waals surface area contributed by atoms with E-state index in [1.165, 1.54) is 5.56 Å². The molecule has 0 aliphatic carbocycles. The summed E-state index contributed by atoms with van der Waals surface area (Å²) in [5.74, 6) is -0.137. The van der Waals surface area contributed by atoms with Crippen molar-refractivity contribution in [2.45, 2.75) is 33.6 Å². The van der Waals surface area contributed by atoms with E-state index in [0.717, 1.165) is 12.8 Å². The van der Waals surface area contributed by atoms with Gasteiger partial charge in [0.05, 0.1) is 12.0 Å². The molecule has 3 heteroatoms. The molecule has 0 aliphatic rings. The van der Waals surface area contributed by atoms with Crippen LogP contribution in [0, 0.1) is 5.41 Å². The van der Waals surface area contributed by atoms with Gasteiger partial charge in [0.2, 0.25) is 0 Å². The van der Waals surface area contributed by atoms with E-state index in [1.807, 2.05) is 32.9 Å². The lowest BCUT2D eigenvalue weighted by molar-refractivity contribution is -0.153. The second kappa shape index (κ2) is 5.64. The molecule has 16 heavy (non-hydrogen) atoms. The number of hydrogen-bond donors (Lipinski definition) is 0. The summed E-state index contributed by atoms with van der Waals surface area (Å²) in [6.07, 6.45) is 5.32. The van der Waals surface area contributed by atoms with Crippen molar-refractivity contribution in [1.82, 2.24) is 4.98 Å². The molecule has 1 aromatic rings. The summed E-state index contributed by atoms with van der Waals surface area (Å²) in [4.78, 5) is 15.4. The average molecular weight is 221 g/mol. The third-order valence-corrected chi connectivity index (χ3v) is 2.20. The van der Waals surface area contributed by atoms with Crippen molar-refractivity contribution in [3.05, 3.63) is 30.1 Å². The van der Waals surface area contributed by atoms with Gasteiger partial charge >= 0.3 is 5.97 Å². The SMILES string of the molecule is CC(C)(C)C(=O)OCCCc1ccncc1. The van der Waals surface area contributed by atoms with Crippen LogP contribution in [0.5, 0.6) is 0 Å². The highest BCUT2D eigenvalue weighted by Crippen LogP contribution is 2.15. The summed E-state index contributed by atoms with van der Waals surface area (Å²) in [6, 6.07) is 3.96. The van der Waals surface area contributed by atoms with Crippen LogP contribution in [0.4, 0.5) is 0 Å². The molecule has 0 saturated heterocycles. The summed E-state index contributed by atoms with van der Waals surface area (Å²) >= 11 is 0. The standard InChI is InChI=1S/C13H19NO2/c1-13(2,3)12(15)16-10-4-5-11-6-8-14-9-7-11/h6-9H,4-5,10H2,1-3H3. The van der Waals surface area contributed by atoms with E-state index in [2.05, 4.69) is 4.98 Å². The Bertz CT molecular complexity index is 328. The van der Waals surface area contributed by atoms with Crippen LogP contribution in [-0.4, -0.2) is 17.6 Å². The zero-order chi connectivity index (χ0) is 12.0. The van der Waals surface area contributed by atoms with Gasteiger partial charge in [-0.3, -0.25) is 9.78 Å². The van der Waals surface area contributed by atoms with Crippen LogP contribution < -0.4 is 0 Å². The molecular weight excluding hydrogens is 202 g/mol. The summed E-state index contributed by atoms with van der Waals surface area (Å²) in [5, 5.41) is 0. The molecule has 0 atom stereocenters. The molecule has 1 rings (SSSR count). The van der Waals surface area contributed by atoms with Crippen molar-refractivity contribution >= 4 is 5.97 Å². The third-order valence-electron chi connectivity index (χ3n) is 2.20. The molecule has 0 aliphatic heterocycles. The van der Waals surface area contributed by atoms with Gasteiger partial charge in [-0.15, -0.1) is 0 Å². The minimum Gasteiger partial charge on any atom is -0.465 e. The molecule has 0 spiro atoms. The molecule has 0 amide bonds. The topological polar surface area (TPSA) is 39.2 Å². The first-order valence-electron chi connectivity index (χ1n) is 5.56. The highest BCUT2D eigenvalue weighted by molar-refractivity contribution is 5.75. The fraction of sp³-hybridized carbons (Fsp3) is 0.538. The maximum Gasteiger partial charge on any atom is 0.311 e. The van der Waals surface area contributed by atoms with Gasteiger partial charge < -0.3 is 4.74 Å². The monoisotopic (exact) mass is 221 g/mol. The fourth-order valence-corrected chi connectivity index (χ4v) is 1.21. The maximum atomic E-state index is 11.4. The first-order chi connectivity index (χ1) is 7.50. The Labute approximate surface area is 96.8 Å². The van der Waals surface area contributed by atoms with Crippen molar-refractivity contribution in [2.24, 2.45) is 5.41 Å². The van der Waals surface area contributed by atoms with E-state index < -0.39 is 5.41 Å². The molecule has 0 unspecified atom stereocenters. The molecule has 0 radical (unpaired) electrons. The smallest absolute Gasteiger partial charge is 0.311 e. The van der Waals surface area contributed by atoms with Gasteiger partial charge in [-0.25, -0.2) is 0 Å². The fourth-order valence-electron chi connectivity index (χ4n) is 1.21. The lowest BCUT2D eigenvalue weighted by atomic mass is 9.97. The van der Waals surface area contributed by atoms with Gasteiger partial charge in [-0.05, 0) is 51.3 Å². The first kappa shape index (κ1) is 12.7. The Morgan fingerprint density at radius 3 is 2.50 bits per heavy atom. The molecule has 0 fully saturated rings. The molecule has 0 aromatic carbocycles. The Kier molecular flexibility index (Phi) is 4.47. The van der Waals surface area contributed by atoms with Crippen molar-refractivity contribution in [3.63, 3.8) is 0 Å². The van der Waals surface area contributed by atoms with E-state index in [9.17, 15) is 4.79 Å². The van der Waals surface area contributed by atoms with Gasteiger partial charge in [-0.1, -0.05) is 0 Å². The Morgan fingerprint density at radius 2 is 1.94 bits per heavy atom. The van der Waals surface area contributed by atoms with E-state index in [-0.39, 0.29) is 5.97 Å².